The van der Waals surface area contributed by atoms with Crippen molar-refractivity contribution in [3.63, 3.8) is 0 Å². The van der Waals surface area contributed by atoms with Crippen LogP contribution in [0.5, 0.6) is 0 Å². The second kappa shape index (κ2) is 7.48. The van der Waals surface area contributed by atoms with Gasteiger partial charge in [0.2, 0.25) is 5.91 Å². The fourth-order valence-electron chi connectivity index (χ4n) is 2.68. The van der Waals surface area contributed by atoms with E-state index in [0.29, 0.717) is 5.56 Å². The first-order valence-corrected chi connectivity index (χ1v) is 7.61. The number of benzene rings is 1. The van der Waals surface area contributed by atoms with Gasteiger partial charge in [0, 0.05) is 18.2 Å². The Bertz CT molecular complexity index is 567. The maximum absolute atomic E-state index is 12.3. The largest absolute Gasteiger partial charge is 0.471 e. The van der Waals surface area contributed by atoms with Crippen molar-refractivity contribution in [1.29, 1.82) is 0 Å². The van der Waals surface area contributed by atoms with Crippen LogP contribution >= 0.6 is 0 Å². The molecule has 4 nitrogen and oxygen atoms in total. The lowest BCUT2D eigenvalue weighted by Crippen LogP contribution is -2.33. The number of carbonyl (C=O) groups excluding carboxylic acids is 2. The van der Waals surface area contributed by atoms with E-state index in [4.69, 9.17) is 0 Å². The maximum Gasteiger partial charge on any atom is 0.471 e. The van der Waals surface area contributed by atoms with E-state index in [1.54, 1.807) is 12.1 Å². The number of alkyl halides is 3. The standard InChI is InChI=1S/C16H19F3N2O2/c17-16(18,19)15(23)21-13-9-5-4-8-12(13)10-20-14(22)11-6-2-1-3-7-11/h4-5,8-9,11H,1-3,6-7,10H2,(H,20,22)(H,21,23). The van der Waals surface area contributed by atoms with Crippen molar-refractivity contribution >= 4 is 17.5 Å². The van der Waals surface area contributed by atoms with Crippen molar-refractivity contribution < 1.29 is 22.8 Å². The molecule has 7 heteroatoms. The molecule has 126 valence electrons. The van der Waals surface area contributed by atoms with E-state index >= 15 is 0 Å². The zero-order chi connectivity index (χ0) is 16.9. The quantitative estimate of drug-likeness (QED) is 0.890. The van der Waals surface area contributed by atoms with Gasteiger partial charge in [-0.3, -0.25) is 9.59 Å². The fraction of sp³-hybridized carbons (Fsp3) is 0.500. The number of para-hydroxylation sites is 1. The topological polar surface area (TPSA) is 58.2 Å². The van der Waals surface area contributed by atoms with E-state index in [2.05, 4.69) is 5.32 Å². The second-order valence-electron chi connectivity index (χ2n) is 5.66. The van der Waals surface area contributed by atoms with E-state index in [9.17, 15) is 22.8 Å². The van der Waals surface area contributed by atoms with Crippen molar-refractivity contribution in [3.05, 3.63) is 29.8 Å². The summed E-state index contributed by atoms with van der Waals surface area (Å²) in [7, 11) is 0. The molecule has 0 atom stereocenters. The Balaban J connectivity index is 1.97. The second-order valence-corrected chi connectivity index (χ2v) is 5.66. The molecule has 0 aliphatic heterocycles. The average Bonchev–Trinajstić information content (AvgIpc) is 2.53. The summed E-state index contributed by atoms with van der Waals surface area (Å²) < 4.78 is 37.0. The number of nitrogens with one attached hydrogen (secondary N) is 2. The molecule has 1 saturated carbocycles. The molecule has 1 aliphatic carbocycles. The summed E-state index contributed by atoms with van der Waals surface area (Å²) in [4.78, 5) is 23.1. The summed E-state index contributed by atoms with van der Waals surface area (Å²) in [5, 5.41) is 4.59. The molecule has 0 spiro atoms. The first-order chi connectivity index (χ1) is 10.9. The predicted octanol–water partition coefficient (Wildman–Crippen LogP) is 3.38. The van der Waals surface area contributed by atoms with Gasteiger partial charge in [-0.25, -0.2) is 0 Å². The molecule has 2 rings (SSSR count). The highest BCUT2D eigenvalue weighted by Gasteiger charge is 2.38. The lowest BCUT2D eigenvalue weighted by atomic mass is 9.88. The summed E-state index contributed by atoms with van der Waals surface area (Å²) in [6, 6.07) is 6.13. The molecule has 0 radical (unpaired) electrons. The van der Waals surface area contributed by atoms with Gasteiger partial charge in [0.25, 0.3) is 0 Å². The number of amides is 2. The van der Waals surface area contributed by atoms with Crippen LogP contribution in [0.3, 0.4) is 0 Å². The zero-order valence-electron chi connectivity index (χ0n) is 12.6. The monoisotopic (exact) mass is 328 g/mol. The van der Waals surface area contributed by atoms with Gasteiger partial charge in [-0.15, -0.1) is 0 Å². The van der Waals surface area contributed by atoms with Gasteiger partial charge in [-0.05, 0) is 24.5 Å². The number of hydrogen-bond acceptors (Lipinski definition) is 2. The molecule has 23 heavy (non-hydrogen) atoms. The van der Waals surface area contributed by atoms with Gasteiger partial charge >= 0.3 is 12.1 Å². The van der Waals surface area contributed by atoms with Crippen molar-refractivity contribution in [2.75, 3.05) is 5.32 Å². The predicted molar refractivity (Wildman–Crippen MR) is 79.5 cm³/mol. The Morgan fingerprint density at radius 2 is 1.74 bits per heavy atom. The van der Waals surface area contributed by atoms with Crippen LogP contribution in [0.4, 0.5) is 18.9 Å². The highest BCUT2D eigenvalue weighted by Crippen LogP contribution is 2.24. The van der Waals surface area contributed by atoms with Gasteiger partial charge < -0.3 is 10.6 Å². The first kappa shape index (κ1) is 17.3. The molecule has 1 aliphatic rings. The minimum atomic E-state index is -4.95. The number of carbonyl (C=O) groups is 2. The number of anilines is 1. The Morgan fingerprint density at radius 1 is 1.09 bits per heavy atom. The third-order valence-corrected chi connectivity index (χ3v) is 3.95. The lowest BCUT2D eigenvalue weighted by molar-refractivity contribution is -0.167. The number of halogens is 3. The molecule has 0 unspecified atom stereocenters. The van der Waals surface area contributed by atoms with E-state index in [1.807, 2.05) is 5.32 Å². The minimum Gasteiger partial charge on any atom is -0.352 e. The van der Waals surface area contributed by atoms with Gasteiger partial charge in [-0.2, -0.15) is 13.2 Å². The van der Waals surface area contributed by atoms with Gasteiger partial charge in [0.15, 0.2) is 0 Å². The van der Waals surface area contributed by atoms with Crippen LogP contribution in [-0.2, 0) is 16.1 Å². The molecule has 1 fully saturated rings. The summed E-state index contributed by atoms with van der Waals surface area (Å²) in [5.41, 5.74) is 0.494. The van der Waals surface area contributed by atoms with Crippen molar-refractivity contribution in [1.82, 2.24) is 5.32 Å². The maximum atomic E-state index is 12.3. The van der Waals surface area contributed by atoms with E-state index in [-0.39, 0.29) is 24.1 Å². The van der Waals surface area contributed by atoms with Crippen molar-refractivity contribution in [3.8, 4) is 0 Å². The van der Waals surface area contributed by atoms with Crippen LogP contribution in [0.2, 0.25) is 0 Å². The van der Waals surface area contributed by atoms with Crippen LogP contribution in [0.1, 0.15) is 37.7 Å². The number of hydrogen-bond donors (Lipinski definition) is 2. The summed E-state index contributed by atoms with van der Waals surface area (Å²) in [6.07, 6.45) is -0.0717. The van der Waals surface area contributed by atoms with E-state index in [0.717, 1.165) is 32.1 Å². The molecule has 0 bridgehead atoms. The zero-order valence-corrected chi connectivity index (χ0v) is 12.6. The SMILES string of the molecule is O=C(NCc1ccccc1NC(=O)C(F)(F)F)C1CCCCC1. The van der Waals surface area contributed by atoms with Crippen LogP contribution in [0.25, 0.3) is 0 Å². The molecular weight excluding hydrogens is 309 g/mol. The molecule has 0 heterocycles. The van der Waals surface area contributed by atoms with Crippen LogP contribution in [0.15, 0.2) is 24.3 Å². The van der Waals surface area contributed by atoms with Crippen molar-refractivity contribution in [2.45, 2.75) is 44.8 Å². The van der Waals surface area contributed by atoms with Gasteiger partial charge in [-0.1, -0.05) is 37.5 Å². The molecule has 0 saturated heterocycles. The normalized spacial score (nSPS) is 16.0. The van der Waals surface area contributed by atoms with E-state index < -0.39 is 12.1 Å². The fourth-order valence-corrected chi connectivity index (χ4v) is 2.68. The third-order valence-electron chi connectivity index (χ3n) is 3.95. The molecular formula is C16H19F3N2O2. The smallest absolute Gasteiger partial charge is 0.352 e. The van der Waals surface area contributed by atoms with Gasteiger partial charge in [0.05, 0.1) is 0 Å². The average molecular weight is 328 g/mol. The molecule has 2 N–H and O–H groups in total. The molecule has 1 aromatic carbocycles. The Morgan fingerprint density at radius 3 is 2.39 bits per heavy atom. The van der Waals surface area contributed by atoms with Crippen LogP contribution in [-0.4, -0.2) is 18.0 Å². The third kappa shape index (κ3) is 4.97. The Hall–Kier alpha value is -2.05. The molecule has 1 aromatic rings. The van der Waals surface area contributed by atoms with Crippen molar-refractivity contribution in [2.24, 2.45) is 5.92 Å². The highest BCUT2D eigenvalue weighted by molar-refractivity contribution is 5.95. The summed E-state index contributed by atoms with van der Waals surface area (Å²) in [5.74, 6) is -2.13. The molecule has 0 aromatic heterocycles. The van der Waals surface area contributed by atoms with Crippen LogP contribution < -0.4 is 10.6 Å². The molecule has 2 amide bonds. The summed E-state index contributed by atoms with van der Waals surface area (Å²) in [6.45, 7) is 0.0869. The van der Waals surface area contributed by atoms with Gasteiger partial charge in [0.1, 0.15) is 0 Å². The first-order valence-electron chi connectivity index (χ1n) is 7.61. The Kier molecular flexibility index (Phi) is 5.63. The Labute approximate surface area is 132 Å². The van der Waals surface area contributed by atoms with E-state index in [1.165, 1.54) is 12.1 Å². The minimum absolute atomic E-state index is 0.0271. The lowest BCUT2D eigenvalue weighted by Gasteiger charge is -2.21. The van der Waals surface area contributed by atoms with Crippen LogP contribution in [0, 0.1) is 5.92 Å². The highest BCUT2D eigenvalue weighted by atomic mass is 19.4. The number of rotatable bonds is 4. The summed E-state index contributed by atoms with van der Waals surface area (Å²) >= 11 is 0.